The van der Waals surface area contributed by atoms with Gasteiger partial charge in [0.05, 0.1) is 0 Å². The van der Waals surface area contributed by atoms with E-state index in [0.717, 1.165) is 24.1 Å². The Labute approximate surface area is 181 Å². The van der Waals surface area contributed by atoms with Crippen molar-refractivity contribution in [3.63, 3.8) is 0 Å². The summed E-state index contributed by atoms with van der Waals surface area (Å²) in [6.45, 7) is 0. The molecule has 2 nitrogen and oxygen atoms in total. The predicted octanol–water partition coefficient (Wildman–Crippen LogP) is 6.35. The van der Waals surface area contributed by atoms with Crippen LogP contribution in [0.25, 0.3) is 21.5 Å². The molecule has 0 saturated carbocycles. The second kappa shape index (κ2) is 5.87. The van der Waals surface area contributed by atoms with E-state index < -0.39 is 7.06 Å². The Balaban J connectivity index is 1.56. The fourth-order valence-corrected chi connectivity index (χ4v) is 10.9. The van der Waals surface area contributed by atoms with Gasteiger partial charge in [-0.3, -0.25) is 0 Å². The van der Waals surface area contributed by atoms with Crippen molar-refractivity contribution in [1.29, 1.82) is 0 Å². The van der Waals surface area contributed by atoms with Crippen molar-refractivity contribution in [2.24, 2.45) is 0 Å². The van der Waals surface area contributed by atoms with Gasteiger partial charge < -0.3 is 0 Å². The van der Waals surface area contributed by atoms with Crippen LogP contribution in [0.5, 0.6) is 11.5 Å². The van der Waals surface area contributed by atoms with Crippen LogP contribution >= 0.6 is 7.06 Å². The molecule has 2 aliphatic heterocycles. The van der Waals surface area contributed by atoms with Crippen LogP contribution in [-0.2, 0) is 6.42 Å². The maximum absolute atomic E-state index is 7.16. The van der Waals surface area contributed by atoms with E-state index in [1.165, 1.54) is 37.7 Å². The molecular formula is C28H21O2P. The van der Waals surface area contributed by atoms with E-state index in [1.807, 2.05) is 0 Å². The molecule has 0 aliphatic carbocycles. The quantitative estimate of drug-likeness (QED) is 0.317. The van der Waals surface area contributed by atoms with Gasteiger partial charge >= 0.3 is 181 Å². The Morgan fingerprint density at radius 3 is 1.58 bits per heavy atom. The molecule has 2 aliphatic rings. The Morgan fingerprint density at radius 1 is 0.516 bits per heavy atom. The molecule has 0 N–H and O–H groups in total. The molecule has 3 heteroatoms. The topological polar surface area (TPSA) is 18.5 Å². The van der Waals surface area contributed by atoms with Gasteiger partial charge in [0.2, 0.25) is 0 Å². The first-order chi connectivity index (χ1) is 15.3. The van der Waals surface area contributed by atoms with Crippen LogP contribution in [-0.4, -0.2) is 6.16 Å². The predicted molar refractivity (Wildman–Crippen MR) is 130 cm³/mol. The average Bonchev–Trinajstić information content (AvgIpc) is 3.28. The molecule has 0 fully saturated rings. The summed E-state index contributed by atoms with van der Waals surface area (Å²) in [6, 6.07) is 36.5. The summed E-state index contributed by atoms with van der Waals surface area (Å²) in [5, 5.41) is 7.31. The van der Waals surface area contributed by atoms with Crippen molar-refractivity contribution in [3.8, 4) is 11.5 Å². The van der Waals surface area contributed by atoms with Gasteiger partial charge in [-0.25, -0.2) is 0 Å². The number of rotatable bonds is 3. The van der Waals surface area contributed by atoms with Crippen molar-refractivity contribution >= 4 is 39.2 Å². The van der Waals surface area contributed by atoms with E-state index >= 15 is 0 Å². The fraction of sp³-hybridized carbons (Fsp3) is 0.0714. The molecule has 7 rings (SSSR count). The SMILES string of the molecule is c1ccc(CCP23(Oc4cccc5cccc2c45)Oc2cccc4cccc3c24)cc1. The summed E-state index contributed by atoms with van der Waals surface area (Å²) in [7, 11) is -3.43. The van der Waals surface area contributed by atoms with Gasteiger partial charge in [-0.2, -0.15) is 0 Å². The Hall–Kier alpha value is -3.35. The molecular weight excluding hydrogens is 399 g/mol. The van der Waals surface area contributed by atoms with Gasteiger partial charge in [-0.15, -0.1) is 0 Å². The molecule has 0 saturated heterocycles. The van der Waals surface area contributed by atoms with Crippen molar-refractivity contribution < 1.29 is 9.05 Å². The van der Waals surface area contributed by atoms with Crippen LogP contribution in [0.1, 0.15) is 5.56 Å². The zero-order chi connectivity index (χ0) is 20.5. The van der Waals surface area contributed by atoms with E-state index in [4.69, 9.17) is 9.05 Å². The second-order valence-corrected chi connectivity index (χ2v) is 12.6. The standard InChI is InChI=1S/C28H21O2P/c1-2-8-20(9-3-1)18-19-31(25-16-6-12-21-10-4-14-23(29-31)27(21)25)26-17-7-13-22-11-5-15-24(30-31)28(22)26/h1-17H,18-19H2. The zero-order valence-electron chi connectivity index (χ0n) is 17.0. The number of hydrogen-bond acceptors (Lipinski definition) is 2. The van der Waals surface area contributed by atoms with E-state index in [-0.39, 0.29) is 0 Å². The monoisotopic (exact) mass is 420 g/mol. The van der Waals surface area contributed by atoms with Crippen molar-refractivity contribution in [2.45, 2.75) is 6.42 Å². The minimum atomic E-state index is -3.43. The molecule has 150 valence electrons. The zero-order valence-corrected chi connectivity index (χ0v) is 17.9. The summed E-state index contributed by atoms with van der Waals surface area (Å²) in [5.41, 5.74) is 1.31. The average molecular weight is 420 g/mol. The van der Waals surface area contributed by atoms with Crippen LogP contribution in [0.3, 0.4) is 0 Å². The van der Waals surface area contributed by atoms with Crippen molar-refractivity contribution in [2.75, 3.05) is 6.16 Å². The van der Waals surface area contributed by atoms with Crippen molar-refractivity contribution in [1.82, 2.24) is 0 Å². The maximum atomic E-state index is 7.16. The second-order valence-electron chi connectivity index (χ2n) is 8.53. The van der Waals surface area contributed by atoms with Crippen LogP contribution in [0.4, 0.5) is 0 Å². The first-order valence-corrected chi connectivity index (χ1v) is 13.0. The Kier molecular flexibility index (Phi) is 3.28. The fourth-order valence-electron chi connectivity index (χ4n) is 5.55. The third kappa shape index (κ3) is 2.11. The Bertz CT molecular complexity index is 1400. The minimum absolute atomic E-state index is 0.817. The summed E-state index contributed by atoms with van der Waals surface area (Å²) >= 11 is 0. The van der Waals surface area contributed by atoms with Crippen molar-refractivity contribution in [3.05, 3.63) is 109 Å². The number of hydrogen-bond donors (Lipinski definition) is 0. The van der Waals surface area contributed by atoms with Gasteiger partial charge in [0, 0.05) is 0 Å². The van der Waals surface area contributed by atoms with E-state index in [0.29, 0.717) is 0 Å². The molecule has 0 bridgehead atoms. The number of benzene rings is 5. The van der Waals surface area contributed by atoms with Gasteiger partial charge in [0.15, 0.2) is 0 Å². The van der Waals surface area contributed by atoms with Crippen LogP contribution in [0.15, 0.2) is 103 Å². The molecule has 5 aromatic rings. The van der Waals surface area contributed by atoms with Gasteiger partial charge in [0.25, 0.3) is 0 Å². The molecule has 0 atom stereocenters. The van der Waals surface area contributed by atoms with Crippen LogP contribution in [0.2, 0.25) is 0 Å². The summed E-state index contributed by atoms with van der Waals surface area (Å²) < 4.78 is 14.3. The van der Waals surface area contributed by atoms with Gasteiger partial charge in [-0.1, -0.05) is 0 Å². The first kappa shape index (κ1) is 17.3. The normalized spacial score (nSPS) is 17.9. The van der Waals surface area contributed by atoms with Gasteiger partial charge in [-0.05, 0) is 0 Å². The van der Waals surface area contributed by atoms with E-state index in [2.05, 4.69) is 103 Å². The molecule has 1 spiro atoms. The van der Waals surface area contributed by atoms with Crippen LogP contribution < -0.4 is 19.7 Å². The number of fused-ring (bicyclic) bond motifs is 2. The van der Waals surface area contributed by atoms with Crippen LogP contribution in [0, 0.1) is 0 Å². The van der Waals surface area contributed by atoms with Gasteiger partial charge in [0.1, 0.15) is 0 Å². The van der Waals surface area contributed by atoms with E-state index in [9.17, 15) is 0 Å². The Morgan fingerprint density at radius 2 is 1.03 bits per heavy atom. The van der Waals surface area contributed by atoms with E-state index in [1.54, 1.807) is 0 Å². The molecule has 0 radical (unpaired) electrons. The third-order valence-electron chi connectivity index (χ3n) is 6.90. The molecule has 0 amide bonds. The summed E-state index contributed by atoms with van der Waals surface area (Å²) in [5.74, 6) is 1.90. The molecule has 5 aromatic carbocycles. The molecule has 0 aromatic heterocycles. The molecule has 2 heterocycles. The summed E-state index contributed by atoms with van der Waals surface area (Å²) in [4.78, 5) is 0. The number of aryl methyl sites for hydroxylation is 1. The molecule has 31 heavy (non-hydrogen) atoms. The third-order valence-corrected chi connectivity index (χ3v) is 11.8. The summed E-state index contributed by atoms with van der Waals surface area (Å²) in [6.07, 6.45) is 1.71. The first-order valence-electron chi connectivity index (χ1n) is 10.8. The molecule has 0 unspecified atom stereocenters.